The normalized spacial score (nSPS) is 12.0. The second-order valence-electron chi connectivity index (χ2n) is 4.44. The predicted molar refractivity (Wildman–Crippen MR) is 75.3 cm³/mol. The first-order chi connectivity index (χ1) is 9.56. The maximum Gasteiger partial charge on any atom is 0.319 e. The molecule has 3 N–H and O–H groups in total. The Morgan fingerprint density at radius 3 is 2.85 bits per heavy atom. The number of carbonyl (C=O) groups is 1. The van der Waals surface area contributed by atoms with Crippen LogP contribution in [0.25, 0.3) is 0 Å². The lowest BCUT2D eigenvalue weighted by molar-refractivity contribution is 0.0599. The summed E-state index contributed by atoms with van der Waals surface area (Å²) in [5, 5.41) is 14.5. The van der Waals surface area contributed by atoms with Crippen molar-refractivity contribution in [1.82, 2.24) is 5.32 Å². The van der Waals surface area contributed by atoms with Crippen LogP contribution in [0.3, 0.4) is 0 Å². The number of carbonyl (C=O) groups excluding carboxylic acids is 1. The number of amides is 2. The molecule has 2 amide bonds. The topological polar surface area (TPSA) is 70.6 Å². The fraction of sp³-hybridized carbons (Fsp3) is 0.500. The first-order valence-corrected chi connectivity index (χ1v) is 6.57. The molecule has 0 radical (unpaired) electrons. The monoisotopic (exact) mass is 284 g/mol. The number of aryl methyl sites for hydroxylation is 1. The van der Waals surface area contributed by atoms with Crippen LogP contribution in [0, 0.1) is 5.82 Å². The third kappa shape index (κ3) is 5.54. The second kappa shape index (κ2) is 8.50. The number of hydrogen-bond acceptors (Lipinski definition) is 3. The summed E-state index contributed by atoms with van der Waals surface area (Å²) in [7, 11) is 1.50. The van der Waals surface area contributed by atoms with Crippen LogP contribution in [-0.2, 0) is 11.2 Å². The van der Waals surface area contributed by atoms with Crippen LogP contribution >= 0.6 is 0 Å². The fourth-order valence-electron chi connectivity index (χ4n) is 1.72. The molecule has 6 heteroatoms. The molecular formula is C14H21FN2O3. The molecule has 1 aromatic carbocycles. The number of benzene rings is 1. The highest BCUT2D eigenvalue weighted by molar-refractivity contribution is 5.89. The molecule has 0 aliphatic rings. The van der Waals surface area contributed by atoms with Gasteiger partial charge < -0.3 is 20.5 Å². The Morgan fingerprint density at radius 1 is 1.50 bits per heavy atom. The van der Waals surface area contributed by atoms with E-state index in [0.717, 1.165) is 0 Å². The van der Waals surface area contributed by atoms with Gasteiger partial charge in [0, 0.05) is 19.3 Å². The van der Waals surface area contributed by atoms with Crippen LogP contribution in [-0.4, -0.2) is 37.5 Å². The Hall–Kier alpha value is -1.66. The molecule has 0 bridgehead atoms. The van der Waals surface area contributed by atoms with Crippen molar-refractivity contribution < 1.29 is 19.0 Å². The van der Waals surface area contributed by atoms with Crippen LogP contribution in [0.15, 0.2) is 18.2 Å². The van der Waals surface area contributed by atoms with Crippen molar-refractivity contribution in [2.45, 2.75) is 25.9 Å². The van der Waals surface area contributed by atoms with Crippen LogP contribution in [0.4, 0.5) is 14.9 Å². The molecule has 0 saturated carbocycles. The summed E-state index contributed by atoms with van der Waals surface area (Å²) in [6.45, 7) is 2.41. The molecule has 0 spiro atoms. The molecule has 1 unspecified atom stereocenters. The van der Waals surface area contributed by atoms with Gasteiger partial charge in [0.2, 0.25) is 0 Å². The Kier molecular flexibility index (Phi) is 6.97. The highest BCUT2D eigenvalue weighted by Crippen LogP contribution is 2.14. The molecule has 0 aliphatic heterocycles. The molecule has 0 fully saturated rings. The average Bonchev–Trinajstić information content (AvgIpc) is 2.39. The van der Waals surface area contributed by atoms with Gasteiger partial charge in [-0.1, -0.05) is 13.0 Å². The van der Waals surface area contributed by atoms with Gasteiger partial charge in [-0.15, -0.1) is 0 Å². The van der Waals surface area contributed by atoms with Gasteiger partial charge in [0.1, 0.15) is 5.82 Å². The quantitative estimate of drug-likeness (QED) is 0.716. The van der Waals surface area contributed by atoms with Gasteiger partial charge in [0.25, 0.3) is 0 Å². The Bertz CT molecular complexity index is 440. The van der Waals surface area contributed by atoms with Crippen molar-refractivity contribution in [3.05, 3.63) is 29.6 Å². The summed E-state index contributed by atoms with van der Waals surface area (Å²) < 4.78 is 18.3. The number of anilines is 1. The first-order valence-electron chi connectivity index (χ1n) is 6.57. The Balaban J connectivity index is 2.37. The smallest absolute Gasteiger partial charge is 0.319 e. The summed E-state index contributed by atoms with van der Waals surface area (Å²) in [6, 6.07) is 4.16. The Morgan fingerprint density at radius 2 is 2.25 bits per heavy atom. The lowest BCUT2D eigenvalue weighted by Gasteiger charge is -2.11. The number of urea groups is 1. The molecule has 5 nitrogen and oxygen atoms in total. The molecule has 0 heterocycles. The zero-order valence-corrected chi connectivity index (χ0v) is 11.8. The van der Waals surface area contributed by atoms with Crippen molar-refractivity contribution >= 4 is 11.7 Å². The van der Waals surface area contributed by atoms with E-state index in [-0.39, 0.29) is 12.4 Å². The van der Waals surface area contributed by atoms with Crippen LogP contribution in [0.1, 0.15) is 18.9 Å². The lowest BCUT2D eigenvalue weighted by Crippen LogP contribution is -2.32. The molecule has 1 aromatic rings. The molecule has 0 aliphatic carbocycles. The van der Waals surface area contributed by atoms with E-state index in [2.05, 4.69) is 10.6 Å². The molecular weight excluding hydrogens is 263 g/mol. The van der Waals surface area contributed by atoms with E-state index in [1.54, 1.807) is 12.1 Å². The van der Waals surface area contributed by atoms with Gasteiger partial charge in [0.05, 0.1) is 12.7 Å². The van der Waals surface area contributed by atoms with Crippen molar-refractivity contribution in [1.29, 1.82) is 0 Å². The van der Waals surface area contributed by atoms with Crippen molar-refractivity contribution in [3.8, 4) is 0 Å². The van der Waals surface area contributed by atoms with Gasteiger partial charge in [-0.3, -0.25) is 0 Å². The van der Waals surface area contributed by atoms with Crippen LogP contribution in [0.2, 0.25) is 0 Å². The molecule has 1 atom stereocenters. The third-order valence-corrected chi connectivity index (χ3v) is 2.81. The van der Waals surface area contributed by atoms with E-state index in [0.29, 0.717) is 30.6 Å². The van der Waals surface area contributed by atoms with Gasteiger partial charge in [-0.2, -0.15) is 0 Å². The zero-order valence-electron chi connectivity index (χ0n) is 11.8. The summed E-state index contributed by atoms with van der Waals surface area (Å²) in [6.07, 6.45) is 0.390. The maximum atomic E-state index is 13.5. The first kappa shape index (κ1) is 16.4. The highest BCUT2D eigenvalue weighted by atomic mass is 19.1. The van der Waals surface area contributed by atoms with E-state index in [1.165, 1.54) is 13.2 Å². The van der Waals surface area contributed by atoms with Gasteiger partial charge >= 0.3 is 6.03 Å². The standard InChI is InChI=1S/C14H21FN2O3/c1-3-10-4-5-11(8-13(10)15)17-14(19)16-7-6-12(18)9-20-2/h4-5,8,12,18H,3,6-7,9H2,1-2H3,(H2,16,17,19). The summed E-state index contributed by atoms with van der Waals surface area (Å²) in [5.74, 6) is -0.333. The number of halogens is 1. The van der Waals surface area contributed by atoms with E-state index in [4.69, 9.17) is 4.74 Å². The van der Waals surface area contributed by atoms with Crippen LogP contribution < -0.4 is 10.6 Å². The number of ether oxygens (including phenoxy) is 1. The number of aliphatic hydroxyl groups is 1. The van der Waals surface area contributed by atoms with Crippen molar-refractivity contribution in [2.24, 2.45) is 0 Å². The van der Waals surface area contributed by atoms with E-state index >= 15 is 0 Å². The second-order valence-corrected chi connectivity index (χ2v) is 4.44. The number of methoxy groups -OCH3 is 1. The molecule has 1 rings (SSSR count). The van der Waals surface area contributed by atoms with Crippen molar-refractivity contribution in [3.63, 3.8) is 0 Å². The largest absolute Gasteiger partial charge is 0.391 e. The molecule has 20 heavy (non-hydrogen) atoms. The summed E-state index contributed by atoms with van der Waals surface area (Å²) in [5.41, 5.74) is 1.01. The van der Waals surface area contributed by atoms with E-state index < -0.39 is 12.1 Å². The average molecular weight is 284 g/mol. The third-order valence-electron chi connectivity index (χ3n) is 2.81. The van der Waals surface area contributed by atoms with Gasteiger partial charge in [0.15, 0.2) is 0 Å². The minimum atomic E-state index is -0.610. The maximum absolute atomic E-state index is 13.5. The van der Waals surface area contributed by atoms with Crippen LogP contribution in [0.5, 0.6) is 0 Å². The molecule has 0 saturated heterocycles. The summed E-state index contributed by atoms with van der Waals surface area (Å²) >= 11 is 0. The summed E-state index contributed by atoms with van der Waals surface area (Å²) in [4.78, 5) is 11.6. The minimum Gasteiger partial charge on any atom is -0.391 e. The zero-order chi connectivity index (χ0) is 15.0. The van der Waals surface area contributed by atoms with Crippen molar-refractivity contribution in [2.75, 3.05) is 25.6 Å². The predicted octanol–water partition coefficient (Wildman–Crippen LogP) is 1.91. The van der Waals surface area contributed by atoms with Gasteiger partial charge in [-0.05, 0) is 30.5 Å². The molecule has 0 aromatic heterocycles. The minimum absolute atomic E-state index is 0.229. The number of nitrogens with one attached hydrogen (secondary N) is 2. The SMILES string of the molecule is CCc1ccc(NC(=O)NCCC(O)COC)cc1F. The number of hydrogen-bond donors (Lipinski definition) is 3. The number of rotatable bonds is 7. The van der Waals surface area contributed by atoms with E-state index in [9.17, 15) is 14.3 Å². The highest BCUT2D eigenvalue weighted by Gasteiger charge is 2.07. The Labute approximate surface area is 118 Å². The lowest BCUT2D eigenvalue weighted by atomic mass is 10.1. The van der Waals surface area contributed by atoms with E-state index in [1.807, 2.05) is 6.92 Å². The van der Waals surface area contributed by atoms with Gasteiger partial charge in [-0.25, -0.2) is 9.18 Å². The number of aliphatic hydroxyl groups excluding tert-OH is 1. The molecule has 112 valence electrons. The fourth-order valence-corrected chi connectivity index (χ4v) is 1.72.